The van der Waals surface area contributed by atoms with Crippen molar-refractivity contribution in [3.05, 3.63) is 35.9 Å². The monoisotopic (exact) mass is 223 g/mol. The highest BCUT2D eigenvalue weighted by Gasteiger charge is 2.29. The van der Waals surface area contributed by atoms with E-state index in [1.807, 2.05) is 18.2 Å². The van der Waals surface area contributed by atoms with Crippen LogP contribution in [0.25, 0.3) is 0 Å². The number of rotatable bonds is 3. The lowest BCUT2D eigenvalue weighted by atomic mass is 10.1. The maximum absolute atomic E-state index is 10.7. The number of nitrogens with one attached hydrogen (secondary N) is 1. The molecule has 1 heterocycles. The van der Waals surface area contributed by atoms with Crippen molar-refractivity contribution in [2.75, 3.05) is 5.75 Å². The van der Waals surface area contributed by atoms with Crippen molar-refractivity contribution >= 4 is 17.7 Å². The fraction of sp³-hybridized carbons (Fsp3) is 0.364. The van der Waals surface area contributed by atoms with Crippen molar-refractivity contribution in [2.24, 2.45) is 0 Å². The van der Waals surface area contributed by atoms with Crippen LogP contribution in [0.2, 0.25) is 0 Å². The van der Waals surface area contributed by atoms with Crippen molar-refractivity contribution < 1.29 is 9.90 Å². The fourth-order valence-corrected chi connectivity index (χ4v) is 2.86. The van der Waals surface area contributed by atoms with Gasteiger partial charge in [-0.3, -0.25) is 10.1 Å². The van der Waals surface area contributed by atoms with Gasteiger partial charge in [0.05, 0.1) is 5.37 Å². The van der Waals surface area contributed by atoms with Gasteiger partial charge in [-0.25, -0.2) is 0 Å². The summed E-state index contributed by atoms with van der Waals surface area (Å²) >= 11 is 1.68. The molecule has 80 valence electrons. The van der Waals surface area contributed by atoms with E-state index in [1.165, 1.54) is 5.56 Å². The van der Waals surface area contributed by atoms with Crippen LogP contribution in [0.1, 0.15) is 5.56 Å². The second-order valence-corrected chi connectivity index (χ2v) is 4.80. The first-order chi connectivity index (χ1) is 7.25. The van der Waals surface area contributed by atoms with E-state index >= 15 is 0 Å². The average molecular weight is 223 g/mol. The quantitative estimate of drug-likeness (QED) is 0.812. The van der Waals surface area contributed by atoms with Crippen molar-refractivity contribution in [3.63, 3.8) is 0 Å². The van der Waals surface area contributed by atoms with Crippen LogP contribution in [0.3, 0.4) is 0 Å². The minimum absolute atomic E-state index is 0.230. The molecule has 4 heteroatoms. The molecule has 0 bridgehead atoms. The van der Waals surface area contributed by atoms with Gasteiger partial charge in [0.15, 0.2) is 0 Å². The Kier molecular flexibility index (Phi) is 3.28. The second-order valence-electron chi connectivity index (χ2n) is 3.57. The zero-order valence-corrected chi connectivity index (χ0v) is 9.04. The first kappa shape index (κ1) is 10.5. The Bertz CT molecular complexity index is 342. The first-order valence-electron chi connectivity index (χ1n) is 4.90. The van der Waals surface area contributed by atoms with E-state index < -0.39 is 5.97 Å². The lowest BCUT2D eigenvalue weighted by Crippen LogP contribution is -2.37. The van der Waals surface area contributed by atoms with Crippen molar-refractivity contribution in [3.8, 4) is 0 Å². The van der Waals surface area contributed by atoms with E-state index in [0.717, 1.165) is 6.42 Å². The summed E-state index contributed by atoms with van der Waals surface area (Å²) in [5.74, 6) is -0.0922. The third-order valence-electron chi connectivity index (χ3n) is 2.41. The Labute approximate surface area is 92.9 Å². The van der Waals surface area contributed by atoms with Crippen LogP contribution < -0.4 is 5.32 Å². The van der Waals surface area contributed by atoms with Gasteiger partial charge in [-0.1, -0.05) is 30.3 Å². The Morgan fingerprint density at radius 2 is 2.20 bits per heavy atom. The van der Waals surface area contributed by atoms with E-state index in [-0.39, 0.29) is 11.4 Å². The van der Waals surface area contributed by atoms with E-state index in [2.05, 4.69) is 17.4 Å². The zero-order chi connectivity index (χ0) is 10.7. The topological polar surface area (TPSA) is 49.3 Å². The van der Waals surface area contributed by atoms with Crippen molar-refractivity contribution in [2.45, 2.75) is 17.8 Å². The molecule has 1 aliphatic rings. The minimum atomic E-state index is -0.752. The summed E-state index contributed by atoms with van der Waals surface area (Å²) in [6.07, 6.45) is 0.884. The SMILES string of the molecule is O=C(O)[C@@H]1CSC(Cc2ccccc2)N1. The van der Waals surface area contributed by atoms with Crippen LogP contribution in [-0.4, -0.2) is 28.2 Å². The highest BCUT2D eigenvalue weighted by molar-refractivity contribution is 8.00. The molecule has 0 saturated carbocycles. The molecule has 0 spiro atoms. The number of carboxylic acids is 1. The van der Waals surface area contributed by atoms with Crippen LogP contribution in [-0.2, 0) is 11.2 Å². The first-order valence-corrected chi connectivity index (χ1v) is 5.95. The normalized spacial score (nSPS) is 25.3. The van der Waals surface area contributed by atoms with Crippen LogP contribution in [0.4, 0.5) is 0 Å². The van der Waals surface area contributed by atoms with Gasteiger partial charge in [0.25, 0.3) is 0 Å². The highest BCUT2D eigenvalue weighted by Crippen LogP contribution is 2.22. The van der Waals surface area contributed by atoms with E-state index in [0.29, 0.717) is 5.75 Å². The molecule has 1 unspecified atom stereocenters. The molecule has 1 aromatic carbocycles. The number of thioether (sulfide) groups is 1. The summed E-state index contributed by atoms with van der Waals surface area (Å²) in [6.45, 7) is 0. The number of carboxylic acid groups (broad SMARTS) is 1. The molecule has 0 aliphatic carbocycles. The van der Waals surface area contributed by atoms with Gasteiger partial charge in [0, 0.05) is 5.75 Å². The predicted molar refractivity (Wildman–Crippen MR) is 61.0 cm³/mol. The molecule has 15 heavy (non-hydrogen) atoms. The number of hydrogen-bond donors (Lipinski definition) is 2. The van der Waals surface area contributed by atoms with Crippen LogP contribution >= 0.6 is 11.8 Å². The molecule has 1 aliphatic heterocycles. The van der Waals surface area contributed by atoms with Crippen LogP contribution in [0.15, 0.2) is 30.3 Å². The summed E-state index contributed by atoms with van der Waals surface area (Å²) in [5.41, 5.74) is 1.24. The molecule has 0 amide bonds. The Morgan fingerprint density at radius 3 is 2.80 bits per heavy atom. The number of hydrogen-bond acceptors (Lipinski definition) is 3. The number of benzene rings is 1. The van der Waals surface area contributed by atoms with Gasteiger partial charge in [0.2, 0.25) is 0 Å². The molecule has 1 saturated heterocycles. The standard InChI is InChI=1S/C11H13NO2S/c13-11(14)9-7-15-10(12-9)6-8-4-2-1-3-5-8/h1-5,9-10,12H,6-7H2,(H,13,14)/t9-,10?/m0/s1. The number of carbonyl (C=O) groups is 1. The third kappa shape index (κ3) is 2.73. The second kappa shape index (κ2) is 4.68. The summed E-state index contributed by atoms with van der Waals surface area (Å²) in [4.78, 5) is 10.7. The Hall–Kier alpha value is -1.00. The molecule has 1 fully saturated rings. The smallest absolute Gasteiger partial charge is 0.321 e. The summed E-state index contributed by atoms with van der Waals surface area (Å²) in [7, 11) is 0. The van der Waals surface area contributed by atoms with E-state index in [4.69, 9.17) is 5.11 Å². The van der Waals surface area contributed by atoms with Crippen LogP contribution in [0, 0.1) is 0 Å². The number of aliphatic carboxylic acids is 1. The maximum atomic E-state index is 10.7. The van der Waals surface area contributed by atoms with Crippen LogP contribution in [0.5, 0.6) is 0 Å². The molecule has 3 nitrogen and oxygen atoms in total. The van der Waals surface area contributed by atoms with Gasteiger partial charge in [-0.15, -0.1) is 11.8 Å². The Morgan fingerprint density at radius 1 is 1.47 bits per heavy atom. The average Bonchev–Trinajstić information content (AvgIpc) is 2.68. The maximum Gasteiger partial charge on any atom is 0.321 e. The lowest BCUT2D eigenvalue weighted by Gasteiger charge is -2.10. The van der Waals surface area contributed by atoms with E-state index in [1.54, 1.807) is 11.8 Å². The van der Waals surface area contributed by atoms with Gasteiger partial charge in [-0.2, -0.15) is 0 Å². The third-order valence-corrected chi connectivity index (χ3v) is 3.64. The van der Waals surface area contributed by atoms with Gasteiger partial charge in [0.1, 0.15) is 6.04 Å². The lowest BCUT2D eigenvalue weighted by molar-refractivity contribution is -0.138. The molecule has 2 N–H and O–H groups in total. The molecular formula is C11H13NO2S. The molecular weight excluding hydrogens is 210 g/mol. The van der Waals surface area contributed by atoms with E-state index in [9.17, 15) is 4.79 Å². The molecule has 1 aromatic rings. The summed E-state index contributed by atoms with van der Waals surface area (Å²) in [6, 6.07) is 9.74. The largest absolute Gasteiger partial charge is 0.480 e. The Balaban J connectivity index is 1.90. The molecule has 2 atom stereocenters. The fourth-order valence-electron chi connectivity index (χ4n) is 1.62. The van der Waals surface area contributed by atoms with Gasteiger partial charge < -0.3 is 5.11 Å². The van der Waals surface area contributed by atoms with Gasteiger partial charge in [-0.05, 0) is 12.0 Å². The van der Waals surface area contributed by atoms with Crippen molar-refractivity contribution in [1.82, 2.24) is 5.32 Å². The summed E-state index contributed by atoms with van der Waals surface area (Å²) in [5, 5.41) is 12.2. The molecule has 2 rings (SSSR count). The zero-order valence-electron chi connectivity index (χ0n) is 8.22. The van der Waals surface area contributed by atoms with Gasteiger partial charge >= 0.3 is 5.97 Å². The highest BCUT2D eigenvalue weighted by atomic mass is 32.2. The molecule has 0 radical (unpaired) electrons. The molecule has 0 aromatic heterocycles. The minimum Gasteiger partial charge on any atom is -0.480 e. The summed E-state index contributed by atoms with van der Waals surface area (Å²) < 4.78 is 0. The van der Waals surface area contributed by atoms with Crippen molar-refractivity contribution in [1.29, 1.82) is 0 Å². The predicted octanol–water partition coefficient (Wildman–Crippen LogP) is 1.34.